The largest absolute Gasteiger partial charge is 0.495 e. The summed E-state index contributed by atoms with van der Waals surface area (Å²) >= 11 is 0. The first kappa shape index (κ1) is 28.2. The zero-order valence-corrected chi connectivity index (χ0v) is 23.9. The molecule has 42 heavy (non-hydrogen) atoms. The molecular formula is C33H37N3O6. The summed E-state index contributed by atoms with van der Waals surface area (Å²) in [6.07, 6.45) is 3.16. The number of hydrogen-bond acceptors (Lipinski definition) is 7. The van der Waals surface area contributed by atoms with Gasteiger partial charge in [0.1, 0.15) is 24.1 Å². The summed E-state index contributed by atoms with van der Waals surface area (Å²) in [6.45, 7) is -0.0996. The van der Waals surface area contributed by atoms with E-state index < -0.39 is 6.09 Å². The van der Waals surface area contributed by atoms with Crippen LogP contribution in [0.25, 0.3) is 11.1 Å². The maximum Gasteiger partial charge on any atom is 0.411 e. The van der Waals surface area contributed by atoms with Crippen molar-refractivity contribution in [3.8, 4) is 16.9 Å². The number of morpholine rings is 1. The number of amides is 2. The van der Waals surface area contributed by atoms with Crippen LogP contribution in [0.1, 0.15) is 36.8 Å². The summed E-state index contributed by atoms with van der Waals surface area (Å²) in [4.78, 5) is 28.1. The van der Waals surface area contributed by atoms with Crippen molar-refractivity contribution in [2.45, 2.75) is 69.1 Å². The van der Waals surface area contributed by atoms with Gasteiger partial charge in [-0.1, -0.05) is 48.5 Å². The third kappa shape index (κ3) is 5.99. The minimum absolute atomic E-state index is 0.0996. The number of aliphatic hydroxyl groups excluding tert-OH is 1. The molecule has 3 saturated heterocycles. The molecular weight excluding hydrogens is 534 g/mol. The number of piperidine rings is 1. The molecule has 0 aliphatic carbocycles. The number of nitrogens with one attached hydrogen (secondary N) is 2. The minimum Gasteiger partial charge on any atom is -0.495 e. The van der Waals surface area contributed by atoms with Crippen molar-refractivity contribution in [1.82, 2.24) is 4.90 Å². The molecule has 2 amide bonds. The molecule has 0 saturated carbocycles. The molecule has 3 N–H and O–H groups in total. The Morgan fingerprint density at radius 3 is 2.40 bits per heavy atom. The van der Waals surface area contributed by atoms with Gasteiger partial charge in [0.05, 0.1) is 25.1 Å². The van der Waals surface area contributed by atoms with E-state index in [1.54, 1.807) is 18.2 Å². The van der Waals surface area contributed by atoms with Crippen molar-refractivity contribution in [2.24, 2.45) is 0 Å². The van der Waals surface area contributed by atoms with Crippen molar-refractivity contribution in [1.29, 1.82) is 0 Å². The second kappa shape index (κ2) is 12.1. The summed E-state index contributed by atoms with van der Waals surface area (Å²) in [5.74, 6) is 0.384. The molecule has 6 rings (SSSR count). The van der Waals surface area contributed by atoms with Crippen LogP contribution in [0, 0.1) is 0 Å². The first-order chi connectivity index (χ1) is 20.4. The normalized spacial score (nSPS) is 24.0. The molecule has 3 heterocycles. The first-order valence-corrected chi connectivity index (χ1v) is 14.5. The molecule has 9 nitrogen and oxygen atoms in total. The van der Waals surface area contributed by atoms with E-state index in [9.17, 15) is 14.7 Å². The predicted molar refractivity (Wildman–Crippen MR) is 159 cm³/mol. The summed E-state index contributed by atoms with van der Waals surface area (Å²) in [7, 11) is 3.66. The third-order valence-corrected chi connectivity index (χ3v) is 8.65. The number of nitrogens with zero attached hydrogens (tertiary/aromatic N) is 1. The van der Waals surface area contributed by atoms with Gasteiger partial charge in [0.25, 0.3) is 0 Å². The van der Waals surface area contributed by atoms with Crippen LogP contribution in [0.5, 0.6) is 5.75 Å². The number of methoxy groups -OCH3 is 1. The Kier molecular flexibility index (Phi) is 8.15. The van der Waals surface area contributed by atoms with E-state index in [2.05, 4.69) is 22.6 Å². The van der Waals surface area contributed by atoms with Crippen LogP contribution in [-0.4, -0.2) is 66.6 Å². The van der Waals surface area contributed by atoms with Gasteiger partial charge >= 0.3 is 6.09 Å². The van der Waals surface area contributed by atoms with Crippen LogP contribution >= 0.6 is 0 Å². The average Bonchev–Trinajstić information content (AvgIpc) is 3.76. The molecule has 3 fully saturated rings. The molecule has 0 spiro atoms. The number of aliphatic hydroxyl groups is 1. The van der Waals surface area contributed by atoms with E-state index in [0.29, 0.717) is 54.0 Å². The van der Waals surface area contributed by atoms with E-state index in [0.717, 1.165) is 29.5 Å². The quantitative estimate of drug-likeness (QED) is 0.294. The van der Waals surface area contributed by atoms with Crippen molar-refractivity contribution in [2.75, 3.05) is 24.8 Å². The molecule has 3 aromatic rings. The fourth-order valence-electron chi connectivity index (χ4n) is 6.41. The highest BCUT2D eigenvalue weighted by Gasteiger charge is 2.62. The zero-order valence-electron chi connectivity index (χ0n) is 23.9. The number of likely N-dealkylation sites (N-methyl/N-ethyl adjacent to an activating group) is 1. The SMILES string of the molecule is COc1cc(CO)ccc1NC(=O)CCCc1ccc(-c2ccccc2)c(NC(=O)O[C@H]2C[C@H]3[C@@H]4O[C@@H]4[C@H](C2)N3C)c1. The summed E-state index contributed by atoms with van der Waals surface area (Å²) < 4.78 is 17.0. The Labute approximate surface area is 245 Å². The molecule has 3 aliphatic heterocycles. The van der Waals surface area contributed by atoms with E-state index in [4.69, 9.17) is 14.2 Å². The zero-order chi connectivity index (χ0) is 29.2. The second-order valence-electron chi connectivity index (χ2n) is 11.3. The van der Waals surface area contributed by atoms with Crippen LogP contribution in [0.15, 0.2) is 66.7 Å². The van der Waals surface area contributed by atoms with Gasteiger partial charge in [0.15, 0.2) is 0 Å². The van der Waals surface area contributed by atoms with Crippen LogP contribution in [0.3, 0.4) is 0 Å². The number of aryl methyl sites for hydroxylation is 1. The van der Waals surface area contributed by atoms with Crippen molar-refractivity contribution in [3.63, 3.8) is 0 Å². The number of carbonyl (C=O) groups excluding carboxylic acids is 2. The lowest BCUT2D eigenvalue weighted by molar-refractivity contribution is -0.116. The van der Waals surface area contributed by atoms with Gasteiger partial charge in [0.2, 0.25) is 5.91 Å². The number of carbonyl (C=O) groups is 2. The Morgan fingerprint density at radius 1 is 0.952 bits per heavy atom. The Balaban J connectivity index is 1.09. The number of anilines is 2. The van der Waals surface area contributed by atoms with Crippen LogP contribution in [0.4, 0.5) is 16.2 Å². The van der Waals surface area contributed by atoms with Crippen LogP contribution < -0.4 is 15.4 Å². The fraction of sp³-hybridized carbons (Fsp3) is 0.394. The minimum atomic E-state index is -0.451. The Morgan fingerprint density at radius 2 is 1.69 bits per heavy atom. The van der Waals surface area contributed by atoms with Gasteiger partial charge in [0, 0.05) is 36.9 Å². The van der Waals surface area contributed by atoms with Gasteiger partial charge in [-0.15, -0.1) is 0 Å². The fourth-order valence-corrected chi connectivity index (χ4v) is 6.41. The maximum atomic E-state index is 13.1. The van der Waals surface area contributed by atoms with Crippen LogP contribution in [0.2, 0.25) is 0 Å². The highest BCUT2D eigenvalue weighted by atomic mass is 16.6. The topological polar surface area (TPSA) is 113 Å². The second-order valence-corrected chi connectivity index (χ2v) is 11.3. The van der Waals surface area contributed by atoms with Gasteiger partial charge in [-0.05, 0) is 54.8 Å². The molecule has 2 bridgehead atoms. The maximum absolute atomic E-state index is 13.1. The number of ether oxygens (including phenoxy) is 3. The van der Waals surface area contributed by atoms with Gasteiger partial charge < -0.3 is 24.6 Å². The Hall–Kier alpha value is -3.92. The van der Waals surface area contributed by atoms with E-state index in [-0.39, 0.29) is 30.8 Å². The number of rotatable bonds is 10. The average molecular weight is 572 g/mol. The monoisotopic (exact) mass is 571 g/mol. The number of benzene rings is 3. The number of fused-ring (bicyclic) bond motifs is 5. The summed E-state index contributed by atoms with van der Waals surface area (Å²) in [5.41, 5.74) is 4.88. The standard InChI is InChI=1S/C33H37N3O6/c1-36-27-17-23(18-28(36)32-31(27)42-32)41-33(39)35-26-15-20(11-13-24(26)22-8-4-3-5-9-22)7-6-10-30(38)34-25-14-12-21(19-37)16-29(25)40-2/h3-5,8-9,11-16,23,27-28,31-32,37H,6-7,10,17-19H2,1-2H3,(H,34,38)(H,35,39)/t23-,27-,28-,31-,32+/m0/s1. The van der Waals surface area contributed by atoms with Crippen molar-refractivity contribution < 1.29 is 28.9 Å². The molecule has 220 valence electrons. The molecule has 5 atom stereocenters. The highest BCUT2D eigenvalue weighted by Crippen LogP contribution is 2.48. The third-order valence-electron chi connectivity index (χ3n) is 8.65. The summed E-state index contributed by atoms with van der Waals surface area (Å²) in [5, 5.41) is 15.3. The smallest absolute Gasteiger partial charge is 0.411 e. The lowest BCUT2D eigenvalue weighted by atomic mass is 9.99. The van der Waals surface area contributed by atoms with Crippen molar-refractivity contribution >= 4 is 23.4 Å². The van der Waals surface area contributed by atoms with Crippen molar-refractivity contribution in [3.05, 3.63) is 77.9 Å². The molecule has 0 unspecified atom stereocenters. The van der Waals surface area contributed by atoms with Gasteiger partial charge in [-0.2, -0.15) is 0 Å². The predicted octanol–water partition coefficient (Wildman–Crippen LogP) is 4.98. The van der Waals surface area contributed by atoms with Gasteiger partial charge in [-0.25, -0.2) is 4.79 Å². The van der Waals surface area contributed by atoms with E-state index >= 15 is 0 Å². The first-order valence-electron chi connectivity index (χ1n) is 14.5. The van der Waals surface area contributed by atoms with Crippen LogP contribution in [-0.2, 0) is 27.3 Å². The highest BCUT2D eigenvalue weighted by molar-refractivity contribution is 5.93. The lowest BCUT2D eigenvalue weighted by Crippen LogP contribution is -2.48. The molecule has 0 aromatic heterocycles. The molecule has 0 radical (unpaired) electrons. The molecule has 3 aliphatic rings. The molecule has 9 heteroatoms. The van der Waals surface area contributed by atoms with E-state index in [1.165, 1.54) is 7.11 Å². The molecule has 3 aromatic carbocycles. The van der Waals surface area contributed by atoms with E-state index in [1.807, 2.05) is 48.5 Å². The summed E-state index contributed by atoms with van der Waals surface area (Å²) in [6, 6.07) is 21.8. The lowest BCUT2D eigenvalue weighted by Gasteiger charge is -2.37. The Bertz CT molecular complexity index is 1430. The number of hydrogen-bond donors (Lipinski definition) is 3. The van der Waals surface area contributed by atoms with Gasteiger partial charge in [-0.3, -0.25) is 15.0 Å². The number of epoxide rings is 1.